The lowest BCUT2D eigenvalue weighted by Crippen LogP contribution is -2.39. The summed E-state index contributed by atoms with van der Waals surface area (Å²) < 4.78 is 0. The van der Waals surface area contributed by atoms with Crippen molar-refractivity contribution in [3.05, 3.63) is 11.1 Å². The van der Waals surface area contributed by atoms with Gasteiger partial charge in [0.05, 0.1) is 12.1 Å². The first-order valence-electron chi connectivity index (χ1n) is 4.21. The Labute approximate surface area is 90.1 Å². The molecule has 1 atom stereocenters. The molecule has 1 heterocycles. The Balaban J connectivity index is 2.46. The molecule has 4 N–H and O–H groups in total. The van der Waals surface area contributed by atoms with Gasteiger partial charge in [-0.05, 0) is 6.92 Å². The van der Waals surface area contributed by atoms with Crippen molar-refractivity contribution in [2.75, 3.05) is 5.73 Å². The average molecular weight is 229 g/mol. The first-order chi connectivity index (χ1) is 6.99. The number of nitrogens with two attached hydrogens (primary N) is 1. The van der Waals surface area contributed by atoms with Crippen LogP contribution in [0.5, 0.6) is 0 Å². The topological polar surface area (TPSA) is 105 Å². The Hall–Kier alpha value is -1.63. The summed E-state index contributed by atoms with van der Waals surface area (Å²) in [5.74, 6) is -1.45. The third kappa shape index (κ3) is 3.55. The van der Waals surface area contributed by atoms with Crippen LogP contribution in [-0.4, -0.2) is 28.0 Å². The molecule has 0 spiro atoms. The van der Waals surface area contributed by atoms with Crippen LogP contribution in [-0.2, 0) is 16.0 Å². The number of hydrogen-bond donors (Lipinski definition) is 3. The van der Waals surface area contributed by atoms with Gasteiger partial charge in [0.15, 0.2) is 5.13 Å². The molecule has 1 amide bonds. The molecule has 6 nitrogen and oxygen atoms in total. The fraction of sp³-hybridized carbons (Fsp3) is 0.375. The summed E-state index contributed by atoms with van der Waals surface area (Å²) in [5, 5.41) is 12.9. The van der Waals surface area contributed by atoms with Crippen LogP contribution in [0.15, 0.2) is 5.38 Å². The maximum Gasteiger partial charge on any atom is 0.325 e. The number of thiazole rings is 1. The van der Waals surface area contributed by atoms with Crippen molar-refractivity contribution in [2.24, 2.45) is 0 Å². The number of nitrogen functional groups attached to an aromatic ring is 1. The summed E-state index contributed by atoms with van der Waals surface area (Å²) in [4.78, 5) is 25.6. The normalized spacial score (nSPS) is 12.1. The summed E-state index contributed by atoms with van der Waals surface area (Å²) in [6, 6.07) is -0.895. The number of rotatable bonds is 4. The van der Waals surface area contributed by atoms with Gasteiger partial charge in [-0.2, -0.15) is 0 Å². The molecule has 0 saturated heterocycles. The van der Waals surface area contributed by atoms with E-state index in [0.29, 0.717) is 10.8 Å². The van der Waals surface area contributed by atoms with Crippen LogP contribution in [0.2, 0.25) is 0 Å². The van der Waals surface area contributed by atoms with Crippen molar-refractivity contribution in [1.82, 2.24) is 10.3 Å². The molecular weight excluding hydrogens is 218 g/mol. The van der Waals surface area contributed by atoms with Gasteiger partial charge in [-0.15, -0.1) is 11.3 Å². The Bertz CT molecular complexity index is 377. The molecule has 7 heteroatoms. The molecule has 1 rings (SSSR count). The molecule has 0 aliphatic heterocycles. The number of carbonyl (C=O) groups excluding carboxylic acids is 1. The Morgan fingerprint density at radius 1 is 1.73 bits per heavy atom. The standard InChI is InChI=1S/C8H11N3O3S/c1-4(7(13)14)10-6(12)2-5-3-15-8(9)11-5/h3-4H,2H2,1H3,(H2,9,11)(H,10,12)(H,13,14)/t4-/m0/s1. The Morgan fingerprint density at radius 3 is 2.87 bits per heavy atom. The number of carboxylic acids is 1. The van der Waals surface area contributed by atoms with Crippen LogP contribution < -0.4 is 11.1 Å². The molecule has 15 heavy (non-hydrogen) atoms. The summed E-state index contributed by atoms with van der Waals surface area (Å²) in [6.07, 6.45) is 0.0469. The molecular formula is C8H11N3O3S. The number of aromatic nitrogens is 1. The summed E-state index contributed by atoms with van der Waals surface area (Å²) in [6.45, 7) is 1.40. The zero-order valence-corrected chi connectivity index (χ0v) is 8.87. The monoisotopic (exact) mass is 229 g/mol. The highest BCUT2D eigenvalue weighted by Gasteiger charge is 2.14. The third-order valence-electron chi connectivity index (χ3n) is 1.66. The lowest BCUT2D eigenvalue weighted by Gasteiger charge is -2.07. The second-order valence-corrected chi connectivity index (χ2v) is 3.87. The number of amides is 1. The number of carboxylic acid groups (broad SMARTS) is 1. The number of anilines is 1. The van der Waals surface area contributed by atoms with Gasteiger partial charge in [0, 0.05) is 5.38 Å². The SMILES string of the molecule is C[C@H](NC(=O)Cc1csc(N)n1)C(=O)O. The summed E-state index contributed by atoms with van der Waals surface area (Å²) >= 11 is 1.24. The van der Waals surface area contributed by atoms with E-state index in [1.165, 1.54) is 18.3 Å². The van der Waals surface area contributed by atoms with Gasteiger partial charge in [-0.3, -0.25) is 9.59 Å². The van der Waals surface area contributed by atoms with Crippen LogP contribution >= 0.6 is 11.3 Å². The molecule has 0 aliphatic carbocycles. The fourth-order valence-electron chi connectivity index (χ4n) is 0.923. The number of aliphatic carboxylic acids is 1. The van der Waals surface area contributed by atoms with Crippen molar-refractivity contribution >= 4 is 28.3 Å². The van der Waals surface area contributed by atoms with Gasteiger partial charge < -0.3 is 16.2 Å². The molecule has 82 valence electrons. The first-order valence-corrected chi connectivity index (χ1v) is 5.09. The maximum absolute atomic E-state index is 11.3. The molecule has 0 saturated carbocycles. The molecule has 0 unspecified atom stereocenters. The summed E-state index contributed by atoms with van der Waals surface area (Å²) in [7, 11) is 0. The molecule has 0 fully saturated rings. The average Bonchev–Trinajstić information content (AvgIpc) is 2.50. The van der Waals surface area contributed by atoms with Crippen molar-refractivity contribution in [1.29, 1.82) is 0 Å². The molecule has 0 aromatic carbocycles. The number of hydrogen-bond acceptors (Lipinski definition) is 5. The van der Waals surface area contributed by atoms with E-state index in [-0.39, 0.29) is 12.3 Å². The van der Waals surface area contributed by atoms with Crippen LogP contribution in [0.3, 0.4) is 0 Å². The fourth-order valence-corrected chi connectivity index (χ4v) is 1.49. The molecule has 0 bridgehead atoms. The quantitative estimate of drug-likeness (QED) is 0.666. The first kappa shape index (κ1) is 11.4. The second-order valence-electron chi connectivity index (χ2n) is 2.98. The third-order valence-corrected chi connectivity index (χ3v) is 2.38. The van der Waals surface area contributed by atoms with E-state index in [9.17, 15) is 9.59 Å². The largest absolute Gasteiger partial charge is 0.480 e. The number of nitrogens with one attached hydrogen (secondary N) is 1. The summed E-state index contributed by atoms with van der Waals surface area (Å²) in [5.41, 5.74) is 5.93. The van der Waals surface area contributed by atoms with Crippen molar-refractivity contribution in [2.45, 2.75) is 19.4 Å². The van der Waals surface area contributed by atoms with Gasteiger partial charge in [0.25, 0.3) is 0 Å². The van der Waals surface area contributed by atoms with Crippen LogP contribution in [0, 0.1) is 0 Å². The van der Waals surface area contributed by atoms with Gasteiger partial charge in [-0.1, -0.05) is 0 Å². The van der Waals surface area contributed by atoms with Crippen LogP contribution in [0.4, 0.5) is 5.13 Å². The minimum Gasteiger partial charge on any atom is -0.480 e. The van der Waals surface area contributed by atoms with Gasteiger partial charge in [0.1, 0.15) is 6.04 Å². The Kier molecular flexibility index (Phi) is 3.62. The minimum absolute atomic E-state index is 0.0469. The van der Waals surface area contributed by atoms with Crippen molar-refractivity contribution < 1.29 is 14.7 Å². The van der Waals surface area contributed by atoms with Crippen LogP contribution in [0.1, 0.15) is 12.6 Å². The van der Waals surface area contributed by atoms with Gasteiger partial charge in [0.2, 0.25) is 5.91 Å². The zero-order chi connectivity index (χ0) is 11.4. The molecule has 1 aromatic heterocycles. The maximum atomic E-state index is 11.3. The van der Waals surface area contributed by atoms with Gasteiger partial charge >= 0.3 is 5.97 Å². The highest BCUT2D eigenvalue weighted by molar-refractivity contribution is 7.13. The molecule has 0 aliphatic rings. The predicted molar refractivity (Wildman–Crippen MR) is 55.5 cm³/mol. The molecule has 1 aromatic rings. The number of carbonyl (C=O) groups is 2. The van der Waals surface area contributed by atoms with Crippen molar-refractivity contribution in [3.63, 3.8) is 0 Å². The highest BCUT2D eigenvalue weighted by Crippen LogP contribution is 2.11. The van der Waals surface area contributed by atoms with E-state index in [4.69, 9.17) is 10.8 Å². The van der Waals surface area contributed by atoms with E-state index in [2.05, 4.69) is 10.3 Å². The predicted octanol–water partition coefficient (Wildman–Crippen LogP) is -0.143. The van der Waals surface area contributed by atoms with E-state index < -0.39 is 12.0 Å². The van der Waals surface area contributed by atoms with E-state index in [0.717, 1.165) is 0 Å². The lowest BCUT2D eigenvalue weighted by atomic mass is 10.3. The highest BCUT2D eigenvalue weighted by atomic mass is 32.1. The zero-order valence-electron chi connectivity index (χ0n) is 8.06. The van der Waals surface area contributed by atoms with Gasteiger partial charge in [-0.25, -0.2) is 4.98 Å². The second kappa shape index (κ2) is 4.74. The van der Waals surface area contributed by atoms with E-state index in [1.807, 2.05) is 0 Å². The molecule has 0 radical (unpaired) electrons. The van der Waals surface area contributed by atoms with Crippen molar-refractivity contribution in [3.8, 4) is 0 Å². The minimum atomic E-state index is -1.07. The number of nitrogens with zero attached hydrogens (tertiary/aromatic N) is 1. The lowest BCUT2D eigenvalue weighted by molar-refractivity contribution is -0.141. The van der Waals surface area contributed by atoms with E-state index in [1.54, 1.807) is 5.38 Å². The Morgan fingerprint density at radius 2 is 2.40 bits per heavy atom. The van der Waals surface area contributed by atoms with E-state index >= 15 is 0 Å². The van der Waals surface area contributed by atoms with Crippen LogP contribution in [0.25, 0.3) is 0 Å². The smallest absolute Gasteiger partial charge is 0.325 e.